The van der Waals surface area contributed by atoms with E-state index in [0.717, 1.165) is 59.1 Å². The summed E-state index contributed by atoms with van der Waals surface area (Å²) >= 11 is 7.08. The number of aryl methyl sites for hydroxylation is 1. The lowest BCUT2D eigenvalue weighted by Crippen LogP contribution is -2.39. The Morgan fingerprint density at radius 2 is 2.05 bits per heavy atom. The molecule has 2 unspecified atom stereocenters. The van der Waals surface area contributed by atoms with Gasteiger partial charge in [0.15, 0.2) is 0 Å². The number of aromatic nitrogens is 5. The Kier molecular flexibility index (Phi) is 8.06. The number of rotatable bonds is 9. The van der Waals surface area contributed by atoms with Gasteiger partial charge in [-0.1, -0.05) is 29.8 Å². The number of hydrogen-bond donors (Lipinski definition) is 1. The van der Waals surface area contributed by atoms with Crippen LogP contribution in [-0.2, 0) is 18.3 Å². The number of aliphatic hydroxyl groups excluding tert-OH is 1. The Labute approximate surface area is 249 Å². The van der Waals surface area contributed by atoms with Gasteiger partial charge in [-0.3, -0.25) is 4.90 Å². The number of aldehydes is 1. The van der Waals surface area contributed by atoms with Crippen LogP contribution in [0.4, 0.5) is 0 Å². The van der Waals surface area contributed by atoms with Crippen molar-refractivity contribution in [2.24, 2.45) is 13.0 Å². The van der Waals surface area contributed by atoms with Crippen molar-refractivity contribution >= 4 is 28.8 Å². The monoisotopic (exact) mass is 584 g/mol. The minimum absolute atomic E-state index is 0.00843. The van der Waals surface area contributed by atoms with E-state index in [1.54, 1.807) is 19.6 Å². The second-order valence-corrected chi connectivity index (χ2v) is 11.2. The van der Waals surface area contributed by atoms with Crippen molar-refractivity contribution in [3.05, 3.63) is 89.1 Å². The van der Waals surface area contributed by atoms with Crippen molar-refractivity contribution in [3.63, 3.8) is 0 Å². The summed E-state index contributed by atoms with van der Waals surface area (Å²) in [5, 5.41) is 17.2. The van der Waals surface area contributed by atoms with E-state index in [4.69, 9.17) is 21.3 Å². The van der Waals surface area contributed by atoms with Crippen LogP contribution < -0.4 is 4.74 Å². The maximum absolute atomic E-state index is 11.5. The summed E-state index contributed by atoms with van der Waals surface area (Å²) in [5.74, 6) is 0.497. The Balaban J connectivity index is 1.33. The van der Waals surface area contributed by atoms with Gasteiger partial charge in [0, 0.05) is 54.8 Å². The van der Waals surface area contributed by atoms with Gasteiger partial charge in [0.1, 0.15) is 12.4 Å². The summed E-state index contributed by atoms with van der Waals surface area (Å²) in [5.41, 5.74) is 5.86. The smallest absolute Gasteiger partial charge is 0.218 e. The first-order valence-corrected chi connectivity index (χ1v) is 14.4. The zero-order chi connectivity index (χ0) is 29.2. The molecule has 0 aliphatic carbocycles. The van der Waals surface area contributed by atoms with Gasteiger partial charge in [-0.05, 0) is 55.3 Å². The molecule has 1 aliphatic rings. The number of piperidine rings is 1. The van der Waals surface area contributed by atoms with Crippen molar-refractivity contribution < 1.29 is 14.6 Å². The van der Waals surface area contributed by atoms with Crippen LogP contribution >= 0.6 is 11.6 Å². The molecule has 2 atom stereocenters. The van der Waals surface area contributed by atoms with E-state index in [1.165, 1.54) is 0 Å². The summed E-state index contributed by atoms with van der Waals surface area (Å²) in [6.45, 7) is 1.93. The lowest BCUT2D eigenvalue weighted by molar-refractivity contribution is -0.109. The summed E-state index contributed by atoms with van der Waals surface area (Å²) in [6, 6.07) is 15.9. The minimum Gasteiger partial charge on any atom is -0.481 e. The third-order valence-electron chi connectivity index (χ3n) is 8.12. The maximum Gasteiger partial charge on any atom is 0.218 e. The lowest BCUT2D eigenvalue weighted by atomic mass is 9.89. The van der Waals surface area contributed by atoms with Crippen molar-refractivity contribution in [1.82, 2.24) is 29.2 Å². The molecule has 0 radical (unpaired) electrons. The average Bonchev–Trinajstić information content (AvgIpc) is 3.69. The van der Waals surface area contributed by atoms with Crippen LogP contribution in [0.5, 0.6) is 5.88 Å². The number of benzene rings is 2. The Morgan fingerprint density at radius 3 is 2.79 bits per heavy atom. The van der Waals surface area contributed by atoms with Crippen LogP contribution in [0.25, 0.3) is 27.8 Å². The number of carbonyl (C=O) groups is 1. The minimum atomic E-state index is -0.720. The molecule has 1 aliphatic heterocycles. The summed E-state index contributed by atoms with van der Waals surface area (Å²) in [6.07, 6.45) is 7.97. The van der Waals surface area contributed by atoms with E-state index in [-0.39, 0.29) is 5.92 Å². The number of methoxy groups -OCH3 is 1. The first kappa shape index (κ1) is 28.1. The second-order valence-electron chi connectivity index (χ2n) is 10.8. The van der Waals surface area contributed by atoms with Crippen LogP contribution in [0, 0.1) is 5.92 Å². The van der Waals surface area contributed by atoms with E-state index >= 15 is 0 Å². The number of fused-ring (bicyclic) bond motifs is 1. The molecule has 216 valence electrons. The predicted octanol–water partition coefficient (Wildman–Crippen LogP) is 5.02. The van der Waals surface area contributed by atoms with E-state index in [9.17, 15) is 9.90 Å². The van der Waals surface area contributed by atoms with Gasteiger partial charge in [-0.15, -0.1) is 0 Å². The Bertz CT molecular complexity index is 1700. The molecular formula is C32H33ClN6O3. The van der Waals surface area contributed by atoms with Crippen LogP contribution in [0.3, 0.4) is 0 Å². The molecule has 0 spiro atoms. The molecule has 1 fully saturated rings. The number of halogens is 1. The predicted molar refractivity (Wildman–Crippen MR) is 162 cm³/mol. The molecule has 9 nitrogen and oxygen atoms in total. The molecule has 10 heteroatoms. The van der Waals surface area contributed by atoms with Gasteiger partial charge in [-0.25, -0.2) is 14.6 Å². The van der Waals surface area contributed by atoms with Gasteiger partial charge in [-0.2, -0.15) is 5.10 Å². The number of ether oxygens (including phenoxy) is 1. The fourth-order valence-electron chi connectivity index (χ4n) is 5.96. The van der Waals surface area contributed by atoms with Gasteiger partial charge in [0.25, 0.3) is 0 Å². The number of aliphatic hydroxyl groups is 1. The van der Waals surface area contributed by atoms with Crippen LogP contribution in [0.1, 0.15) is 35.8 Å². The van der Waals surface area contributed by atoms with Gasteiger partial charge in [0.2, 0.25) is 5.88 Å². The number of carbonyl (C=O) groups excluding carboxylic acids is 1. The van der Waals surface area contributed by atoms with Crippen LogP contribution in [0.15, 0.2) is 67.3 Å². The third-order valence-corrected chi connectivity index (χ3v) is 8.55. The first-order chi connectivity index (χ1) is 20.5. The van der Waals surface area contributed by atoms with Gasteiger partial charge in [0.05, 0.1) is 47.6 Å². The molecule has 42 heavy (non-hydrogen) atoms. The van der Waals surface area contributed by atoms with Crippen LogP contribution in [-0.4, -0.2) is 67.4 Å². The number of imidazole rings is 1. The van der Waals surface area contributed by atoms with E-state index in [0.29, 0.717) is 41.6 Å². The molecular weight excluding hydrogens is 552 g/mol. The molecule has 4 heterocycles. The zero-order valence-electron chi connectivity index (χ0n) is 23.7. The number of nitrogens with zero attached hydrogens (tertiary/aromatic N) is 6. The van der Waals surface area contributed by atoms with Crippen molar-refractivity contribution in [2.45, 2.75) is 25.4 Å². The maximum atomic E-state index is 11.5. The highest BCUT2D eigenvalue weighted by Crippen LogP contribution is 2.39. The third kappa shape index (κ3) is 5.43. The quantitative estimate of drug-likeness (QED) is 0.243. The molecule has 0 saturated carbocycles. The fourth-order valence-corrected chi connectivity index (χ4v) is 6.26. The Morgan fingerprint density at radius 1 is 1.21 bits per heavy atom. The average molecular weight is 585 g/mol. The SMILES string of the molecule is COc1nc2ccc(-c3ncn(C)c3C(O)C3CCCN(CC=O)C3)cc2c(Cl)c1Cc1ccc(-n2cccn2)cc1. The number of likely N-dealkylation sites (tertiary alicyclic amines) is 1. The molecule has 5 aromatic rings. The summed E-state index contributed by atoms with van der Waals surface area (Å²) in [4.78, 5) is 22.6. The van der Waals surface area contributed by atoms with E-state index in [2.05, 4.69) is 27.1 Å². The lowest BCUT2D eigenvalue weighted by Gasteiger charge is -2.34. The van der Waals surface area contributed by atoms with Crippen LogP contribution in [0.2, 0.25) is 5.02 Å². The highest BCUT2D eigenvalue weighted by molar-refractivity contribution is 6.36. The van der Waals surface area contributed by atoms with E-state index in [1.807, 2.05) is 58.9 Å². The Hall–Kier alpha value is -4.05. The highest BCUT2D eigenvalue weighted by Gasteiger charge is 2.31. The standard InChI is InChI=1S/C32H33ClN6O3/c1-37-20-34-29(30(37)31(41)23-5-3-13-38(19-23)15-16-40)22-8-11-27-25(18-22)28(33)26(32(36-27)42-2)17-21-6-9-24(10-7-21)39-14-4-12-35-39/h4,6-12,14,16,18,20,23,31,41H,3,5,13,15,17,19H2,1-2H3. The molecule has 0 amide bonds. The molecule has 0 bridgehead atoms. The topological polar surface area (TPSA) is 98.3 Å². The highest BCUT2D eigenvalue weighted by atomic mass is 35.5. The van der Waals surface area contributed by atoms with Crippen molar-refractivity contribution in [2.75, 3.05) is 26.7 Å². The van der Waals surface area contributed by atoms with Crippen molar-refractivity contribution in [1.29, 1.82) is 0 Å². The molecule has 1 N–H and O–H groups in total. The normalized spacial score (nSPS) is 16.5. The van der Waals surface area contributed by atoms with E-state index < -0.39 is 6.10 Å². The largest absolute Gasteiger partial charge is 0.481 e. The number of hydrogen-bond acceptors (Lipinski definition) is 7. The van der Waals surface area contributed by atoms with Gasteiger partial charge >= 0.3 is 0 Å². The molecule has 2 aromatic carbocycles. The van der Waals surface area contributed by atoms with Crippen molar-refractivity contribution in [3.8, 4) is 22.8 Å². The second kappa shape index (κ2) is 12.1. The van der Waals surface area contributed by atoms with Gasteiger partial charge < -0.3 is 19.2 Å². The number of pyridine rings is 1. The first-order valence-electron chi connectivity index (χ1n) is 14.1. The zero-order valence-corrected chi connectivity index (χ0v) is 24.4. The fraction of sp³-hybridized carbons (Fsp3) is 0.312. The summed E-state index contributed by atoms with van der Waals surface area (Å²) < 4.78 is 9.37. The molecule has 3 aromatic heterocycles. The molecule has 6 rings (SSSR count). The summed E-state index contributed by atoms with van der Waals surface area (Å²) in [7, 11) is 3.50. The molecule has 1 saturated heterocycles.